The normalized spacial score (nSPS) is 10.0. The van der Waals surface area contributed by atoms with E-state index in [2.05, 4.69) is 42.2 Å². The zero-order valence-corrected chi connectivity index (χ0v) is 10.9. The molecule has 2 rings (SSSR count). The van der Waals surface area contributed by atoms with Crippen LogP contribution in [0.25, 0.3) is 0 Å². The fraction of sp³-hybridized carbons (Fsp3) is 0. The first-order valence-electron chi connectivity index (χ1n) is 4.38. The SMILES string of the molecule is Brc1ccccc1Nc1ccncc1Br. The molecule has 4 heteroatoms. The van der Waals surface area contributed by atoms with E-state index in [9.17, 15) is 0 Å². The molecule has 0 bridgehead atoms. The molecule has 0 radical (unpaired) electrons. The van der Waals surface area contributed by atoms with Gasteiger partial charge in [-0.2, -0.15) is 0 Å². The van der Waals surface area contributed by atoms with Gasteiger partial charge in [0.2, 0.25) is 0 Å². The van der Waals surface area contributed by atoms with Gasteiger partial charge in [-0.3, -0.25) is 4.98 Å². The summed E-state index contributed by atoms with van der Waals surface area (Å²) in [5.74, 6) is 0. The summed E-state index contributed by atoms with van der Waals surface area (Å²) in [6.07, 6.45) is 3.52. The summed E-state index contributed by atoms with van der Waals surface area (Å²) >= 11 is 6.92. The van der Waals surface area contributed by atoms with Gasteiger partial charge < -0.3 is 5.32 Å². The van der Waals surface area contributed by atoms with E-state index in [0.29, 0.717) is 0 Å². The summed E-state index contributed by atoms with van der Waals surface area (Å²) in [7, 11) is 0. The van der Waals surface area contributed by atoms with Crippen LogP contribution in [0.2, 0.25) is 0 Å². The van der Waals surface area contributed by atoms with Crippen LogP contribution in [0.4, 0.5) is 11.4 Å². The third kappa shape index (κ3) is 2.58. The van der Waals surface area contributed by atoms with E-state index >= 15 is 0 Å². The first-order chi connectivity index (χ1) is 7.27. The lowest BCUT2D eigenvalue weighted by Gasteiger charge is -2.09. The molecule has 2 aromatic rings. The van der Waals surface area contributed by atoms with Gasteiger partial charge in [0, 0.05) is 16.9 Å². The standard InChI is InChI=1S/C11H8Br2N2/c12-8-3-1-2-4-10(8)15-11-5-6-14-7-9(11)13/h1-7H,(H,14,15). The number of rotatable bonds is 2. The minimum absolute atomic E-state index is 0.945. The highest BCUT2D eigenvalue weighted by Crippen LogP contribution is 2.28. The average Bonchev–Trinajstić information content (AvgIpc) is 2.24. The average molecular weight is 328 g/mol. The van der Waals surface area contributed by atoms with Crippen LogP contribution >= 0.6 is 31.9 Å². The molecule has 1 aromatic carbocycles. The smallest absolute Gasteiger partial charge is 0.0593 e. The van der Waals surface area contributed by atoms with Gasteiger partial charge in [0.05, 0.1) is 15.8 Å². The first kappa shape index (κ1) is 10.6. The lowest BCUT2D eigenvalue weighted by Crippen LogP contribution is -1.92. The molecular weight excluding hydrogens is 320 g/mol. The van der Waals surface area contributed by atoms with E-state index in [4.69, 9.17) is 0 Å². The van der Waals surface area contributed by atoms with Gasteiger partial charge in [-0.05, 0) is 50.1 Å². The van der Waals surface area contributed by atoms with Crippen LogP contribution in [-0.2, 0) is 0 Å². The minimum Gasteiger partial charge on any atom is -0.354 e. The molecule has 0 atom stereocenters. The molecule has 0 aliphatic carbocycles. The van der Waals surface area contributed by atoms with Crippen LogP contribution in [0.15, 0.2) is 51.7 Å². The zero-order valence-electron chi connectivity index (χ0n) is 7.74. The Labute approximate surface area is 105 Å². The van der Waals surface area contributed by atoms with Gasteiger partial charge in [-0.25, -0.2) is 0 Å². The van der Waals surface area contributed by atoms with E-state index in [1.807, 2.05) is 30.3 Å². The van der Waals surface area contributed by atoms with Gasteiger partial charge in [0.15, 0.2) is 0 Å². The molecule has 0 saturated carbocycles. The van der Waals surface area contributed by atoms with E-state index in [1.165, 1.54) is 0 Å². The summed E-state index contributed by atoms with van der Waals surface area (Å²) in [5.41, 5.74) is 2.03. The van der Waals surface area contributed by atoms with E-state index in [-0.39, 0.29) is 0 Å². The number of hydrogen-bond acceptors (Lipinski definition) is 2. The van der Waals surface area contributed by atoms with Crippen molar-refractivity contribution in [2.75, 3.05) is 5.32 Å². The summed E-state index contributed by atoms with van der Waals surface area (Å²) in [6, 6.07) is 9.90. The largest absolute Gasteiger partial charge is 0.354 e. The van der Waals surface area contributed by atoms with Crippen molar-refractivity contribution in [1.82, 2.24) is 4.98 Å². The molecule has 76 valence electrons. The molecule has 1 heterocycles. The molecule has 0 spiro atoms. The second-order valence-electron chi connectivity index (χ2n) is 2.96. The maximum Gasteiger partial charge on any atom is 0.0593 e. The van der Waals surface area contributed by atoms with Crippen molar-refractivity contribution in [3.05, 3.63) is 51.7 Å². The highest BCUT2D eigenvalue weighted by atomic mass is 79.9. The Bertz CT molecular complexity index is 428. The van der Waals surface area contributed by atoms with Crippen LogP contribution in [0, 0.1) is 0 Å². The Morgan fingerprint density at radius 1 is 0.933 bits per heavy atom. The molecule has 0 unspecified atom stereocenters. The first-order valence-corrected chi connectivity index (χ1v) is 5.97. The van der Waals surface area contributed by atoms with Crippen molar-refractivity contribution >= 4 is 43.2 Å². The maximum absolute atomic E-state index is 4.01. The van der Waals surface area contributed by atoms with Crippen LogP contribution in [-0.4, -0.2) is 4.98 Å². The Balaban J connectivity index is 2.30. The molecule has 15 heavy (non-hydrogen) atoms. The highest BCUT2D eigenvalue weighted by Gasteiger charge is 2.01. The monoisotopic (exact) mass is 326 g/mol. The van der Waals surface area contributed by atoms with Crippen molar-refractivity contribution in [3.8, 4) is 0 Å². The predicted molar refractivity (Wildman–Crippen MR) is 69.4 cm³/mol. The van der Waals surface area contributed by atoms with Crippen LogP contribution in [0.5, 0.6) is 0 Å². The number of nitrogens with one attached hydrogen (secondary N) is 1. The number of halogens is 2. The Morgan fingerprint density at radius 2 is 1.67 bits per heavy atom. The zero-order chi connectivity index (χ0) is 10.7. The van der Waals surface area contributed by atoms with Crippen molar-refractivity contribution in [2.45, 2.75) is 0 Å². The molecule has 0 saturated heterocycles. The minimum atomic E-state index is 0.945. The third-order valence-electron chi connectivity index (χ3n) is 1.92. The van der Waals surface area contributed by atoms with Crippen molar-refractivity contribution in [1.29, 1.82) is 0 Å². The molecule has 0 fully saturated rings. The Hall–Kier alpha value is -0.870. The highest BCUT2D eigenvalue weighted by molar-refractivity contribution is 9.11. The lowest BCUT2D eigenvalue weighted by molar-refractivity contribution is 1.30. The number of para-hydroxylation sites is 1. The molecule has 0 aliphatic rings. The van der Waals surface area contributed by atoms with Gasteiger partial charge in [-0.1, -0.05) is 12.1 Å². The number of aromatic nitrogens is 1. The van der Waals surface area contributed by atoms with Crippen LogP contribution in [0.3, 0.4) is 0 Å². The lowest BCUT2D eigenvalue weighted by atomic mass is 10.3. The summed E-state index contributed by atoms with van der Waals surface area (Å²) in [6.45, 7) is 0. The molecule has 2 nitrogen and oxygen atoms in total. The molecule has 0 amide bonds. The van der Waals surface area contributed by atoms with Crippen molar-refractivity contribution < 1.29 is 0 Å². The third-order valence-corrected chi connectivity index (χ3v) is 3.24. The van der Waals surface area contributed by atoms with Crippen LogP contribution < -0.4 is 5.32 Å². The number of hydrogen-bond donors (Lipinski definition) is 1. The molecular formula is C11H8Br2N2. The van der Waals surface area contributed by atoms with Crippen molar-refractivity contribution in [3.63, 3.8) is 0 Å². The van der Waals surface area contributed by atoms with E-state index in [1.54, 1.807) is 12.4 Å². The summed E-state index contributed by atoms with van der Waals surface area (Å²) < 4.78 is 1.98. The number of nitrogens with zero attached hydrogens (tertiary/aromatic N) is 1. The fourth-order valence-electron chi connectivity index (χ4n) is 1.18. The van der Waals surface area contributed by atoms with E-state index < -0.39 is 0 Å². The van der Waals surface area contributed by atoms with Gasteiger partial charge in [0.1, 0.15) is 0 Å². The number of pyridine rings is 1. The maximum atomic E-state index is 4.01. The molecule has 1 aromatic heterocycles. The second-order valence-corrected chi connectivity index (χ2v) is 4.67. The van der Waals surface area contributed by atoms with Gasteiger partial charge in [0.25, 0.3) is 0 Å². The predicted octanol–water partition coefficient (Wildman–Crippen LogP) is 4.35. The molecule has 0 aliphatic heterocycles. The topological polar surface area (TPSA) is 24.9 Å². The van der Waals surface area contributed by atoms with Gasteiger partial charge >= 0.3 is 0 Å². The fourth-order valence-corrected chi connectivity index (χ4v) is 1.92. The van der Waals surface area contributed by atoms with Crippen LogP contribution in [0.1, 0.15) is 0 Å². The Kier molecular flexibility index (Phi) is 3.38. The number of benzene rings is 1. The number of anilines is 2. The van der Waals surface area contributed by atoms with Crippen molar-refractivity contribution in [2.24, 2.45) is 0 Å². The second kappa shape index (κ2) is 4.77. The summed E-state index contributed by atoms with van der Waals surface area (Å²) in [5, 5.41) is 3.31. The Morgan fingerprint density at radius 3 is 2.40 bits per heavy atom. The van der Waals surface area contributed by atoms with E-state index in [0.717, 1.165) is 20.3 Å². The summed E-state index contributed by atoms with van der Waals surface area (Å²) in [4.78, 5) is 4.01. The molecule has 1 N–H and O–H groups in total. The van der Waals surface area contributed by atoms with Gasteiger partial charge in [-0.15, -0.1) is 0 Å². The quantitative estimate of drug-likeness (QED) is 0.887.